The van der Waals surface area contributed by atoms with Crippen molar-refractivity contribution in [2.24, 2.45) is 0 Å². The predicted octanol–water partition coefficient (Wildman–Crippen LogP) is 2.18. The molecular weight excluding hydrogens is 320 g/mol. The Kier molecular flexibility index (Phi) is 3.23. The largest absolute Gasteiger partial charge is 0.399 e. The van der Waals surface area contributed by atoms with Gasteiger partial charge in [-0.3, -0.25) is 14.3 Å². The maximum absolute atomic E-state index is 12.4. The summed E-state index contributed by atoms with van der Waals surface area (Å²) in [6, 6.07) is 8.87. The fourth-order valence-corrected chi connectivity index (χ4v) is 2.20. The van der Waals surface area contributed by atoms with Crippen LogP contribution in [0.15, 0.2) is 52.1 Å². The molecule has 6 heteroatoms. The third kappa shape index (κ3) is 2.42. The molecule has 0 aliphatic carbocycles. The van der Waals surface area contributed by atoms with Gasteiger partial charge in [0.05, 0.1) is 29.5 Å². The Morgan fingerprint density at radius 2 is 2.05 bits per heavy atom. The molecule has 0 atom stereocenters. The van der Waals surface area contributed by atoms with Gasteiger partial charge in [0.2, 0.25) is 0 Å². The third-order valence-corrected chi connectivity index (χ3v) is 3.44. The average Bonchev–Trinajstić information content (AvgIpc) is 2.45. The number of hydrogen-bond acceptors (Lipinski definition) is 4. The Morgan fingerprint density at radius 3 is 2.80 bits per heavy atom. The summed E-state index contributed by atoms with van der Waals surface area (Å²) >= 11 is 3.33. The molecule has 0 fully saturated rings. The van der Waals surface area contributed by atoms with Gasteiger partial charge in [0.25, 0.3) is 5.56 Å². The van der Waals surface area contributed by atoms with Crippen molar-refractivity contribution in [2.75, 3.05) is 5.73 Å². The van der Waals surface area contributed by atoms with Crippen molar-refractivity contribution in [1.82, 2.24) is 14.5 Å². The smallest absolute Gasteiger partial charge is 0.261 e. The topological polar surface area (TPSA) is 73.8 Å². The summed E-state index contributed by atoms with van der Waals surface area (Å²) in [6.07, 6.45) is 3.23. The highest BCUT2D eigenvalue weighted by Gasteiger charge is 2.05. The number of anilines is 1. The molecule has 0 spiro atoms. The van der Waals surface area contributed by atoms with Crippen LogP contribution >= 0.6 is 15.9 Å². The number of nitrogens with zero attached hydrogens (tertiary/aromatic N) is 3. The van der Waals surface area contributed by atoms with Gasteiger partial charge in [0, 0.05) is 16.4 Å². The van der Waals surface area contributed by atoms with E-state index in [9.17, 15) is 4.79 Å². The molecule has 0 amide bonds. The summed E-state index contributed by atoms with van der Waals surface area (Å²) in [5.41, 5.74) is 7.59. The minimum absolute atomic E-state index is 0.119. The van der Waals surface area contributed by atoms with Crippen molar-refractivity contribution < 1.29 is 0 Å². The molecule has 2 N–H and O–H groups in total. The second kappa shape index (κ2) is 5.05. The maximum Gasteiger partial charge on any atom is 0.261 e. The van der Waals surface area contributed by atoms with Gasteiger partial charge in [0.15, 0.2) is 0 Å². The van der Waals surface area contributed by atoms with Gasteiger partial charge < -0.3 is 5.73 Å². The number of benzene rings is 1. The van der Waals surface area contributed by atoms with Gasteiger partial charge in [-0.25, -0.2) is 4.98 Å². The van der Waals surface area contributed by atoms with Crippen LogP contribution in [0.5, 0.6) is 0 Å². The molecule has 0 saturated heterocycles. The number of hydrogen-bond donors (Lipinski definition) is 1. The van der Waals surface area contributed by atoms with E-state index in [0.717, 1.165) is 10.2 Å². The monoisotopic (exact) mass is 330 g/mol. The first kappa shape index (κ1) is 12.8. The second-order valence-electron chi connectivity index (χ2n) is 4.42. The second-order valence-corrected chi connectivity index (χ2v) is 5.34. The summed E-state index contributed by atoms with van der Waals surface area (Å²) in [5, 5.41) is 0.518. The Hall–Kier alpha value is -2.21. The van der Waals surface area contributed by atoms with Gasteiger partial charge in [-0.1, -0.05) is 0 Å². The molecule has 3 rings (SSSR count). The standard InChI is InChI=1S/C14H11BrN4O/c15-9-1-3-11(17-6-9)7-19-8-18-13-4-2-10(16)5-12(13)14(19)20/h1-6,8H,7,16H2. The zero-order valence-electron chi connectivity index (χ0n) is 10.5. The van der Waals surface area contributed by atoms with Crippen molar-refractivity contribution in [1.29, 1.82) is 0 Å². The first-order valence-electron chi connectivity index (χ1n) is 5.98. The molecule has 0 unspecified atom stereocenters. The van der Waals surface area contributed by atoms with Gasteiger partial charge in [-0.05, 0) is 46.3 Å². The van der Waals surface area contributed by atoms with E-state index >= 15 is 0 Å². The minimum Gasteiger partial charge on any atom is -0.399 e. The van der Waals surface area contributed by atoms with Crippen LogP contribution in [0, 0.1) is 0 Å². The number of pyridine rings is 1. The van der Waals surface area contributed by atoms with E-state index in [4.69, 9.17) is 5.73 Å². The van der Waals surface area contributed by atoms with E-state index in [-0.39, 0.29) is 5.56 Å². The molecule has 100 valence electrons. The lowest BCUT2D eigenvalue weighted by Gasteiger charge is -2.06. The first-order chi connectivity index (χ1) is 9.63. The van der Waals surface area contributed by atoms with Crippen molar-refractivity contribution in [3.05, 3.63) is 63.4 Å². The Labute approximate surface area is 123 Å². The Bertz CT molecular complexity index is 827. The normalized spacial score (nSPS) is 10.8. The van der Waals surface area contributed by atoms with E-state index in [1.165, 1.54) is 10.9 Å². The van der Waals surface area contributed by atoms with Crippen molar-refractivity contribution in [2.45, 2.75) is 6.54 Å². The van der Waals surface area contributed by atoms with Crippen LogP contribution in [0.1, 0.15) is 5.69 Å². The molecule has 0 radical (unpaired) electrons. The van der Waals surface area contributed by atoms with Crippen LogP contribution < -0.4 is 11.3 Å². The summed E-state index contributed by atoms with van der Waals surface area (Å²) in [5.74, 6) is 0. The quantitative estimate of drug-likeness (QED) is 0.731. The SMILES string of the molecule is Nc1ccc2ncn(Cc3ccc(Br)cn3)c(=O)c2c1. The molecule has 20 heavy (non-hydrogen) atoms. The highest BCUT2D eigenvalue weighted by atomic mass is 79.9. The highest BCUT2D eigenvalue weighted by Crippen LogP contribution is 2.12. The van der Waals surface area contributed by atoms with Gasteiger partial charge in [-0.2, -0.15) is 0 Å². The molecule has 1 aromatic carbocycles. The maximum atomic E-state index is 12.4. The zero-order chi connectivity index (χ0) is 14.1. The summed E-state index contributed by atoms with van der Waals surface area (Å²) < 4.78 is 2.43. The molecule has 0 bridgehead atoms. The number of halogens is 1. The van der Waals surface area contributed by atoms with E-state index in [1.54, 1.807) is 24.4 Å². The third-order valence-electron chi connectivity index (χ3n) is 2.97. The molecule has 0 aliphatic heterocycles. The molecule has 5 nitrogen and oxygen atoms in total. The molecule has 2 heterocycles. The van der Waals surface area contributed by atoms with Crippen LogP contribution in [-0.2, 0) is 6.54 Å². The zero-order valence-corrected chi connectivity index (χ0v) is 12.0. The molecule has 0 saturated carbocycles. The minimum atomic E-state index is -0.119. The summed E-state index contributed by atoms with van der Waals surface area (Å²) in [6.45, 7) is 0.379. The lowest BCUT2D eigenvalue weighted by Crippen LogP contribution is -2.21. The number of aromatic nitrogens is 3. The Balaban J connectivity index is 2.06. The number of nitrogens with two attached hydrogens (primary N) is 1. The van der Waals surface area contributed by atoms with Crippen LogP contribution in [0.4, 0.5) is 5.69 Å². The van der Waals surface area contributed by atoms with Crippen LogP contribution in [0.25, 0.3) is 10.9 Å². The lowest BCUT2D eigenvalue weighted by molar-refractivity contribution is 0.729. The lowest BCUT2D eigenvalue weighted by atomic mass is 10.2. The molecule has 2 aromatic heterocycles. The number of rotatable bonds is 2. The van der Waals surface area contributed by atoms with Gasteiger partial charge in [0.1, 0.15) is 0 Å². The van der Waals surface area contributed by atoms with E-state index in [1.807, 2.05) is 12.1 Å². The Morgan fingerprint density at radius 1 is 1.20 bits per heavy atom. The highest BCUT2D eigenvalue weighted by molar-refractivity contribution is 9.10. The predicted molar refractivity (Wildman–Crippen MR) is 81.5 cm³/mol. The summed E-state index contributed by atoms with van der Waals surface area (Å²) in [4.78, 5) is 20.9. The molecule has 0 aliphatic rings. The van der Waals surface area contributed by atoms with Crippen LogP contribution in [0.3, 0.4) is 0 Å². The fourth-order valence-electron chi connectivity index (χ4n) is 1.96. The van der Waals surface area contributed by atoms with Gasteiger partial charge in [-0.15, -0.1) is 0 Å². The van der Waals surface area contributed by atoms with E-state index < -0.39 is 0 Å². The molecule has 3 aromatic rings. The van der Waals surface area contributed by atoms with Gasteiger partial charge >= 0.3 is 0 Å². The number of fused-ring (bicyclic) bond motifs is 1. The average molecular weight is 331 g/mol. The van der Waals surface area contributed by atoms with Crippen molar-refractivity contribution >= 4 is 32.5 Å². The van der Waals surface area contributed by atoms with Crippen molar-refractivity contribution in [3.8, 4) is 0 Å². The fraction of sp³-hybridized carbons (Fsp3) is 0.0714. The van der Waals surface area contributed by atoms with E-state index in [2.05, 4.69) is 25.9 Å². The van der Waals surface area contributed by atoms with Crippen LogP contribution in [0.2, 0.25) is 0 Å². The number of nitrogen functional groups attached to an aromatic ring is 1. The van der Waals surface area contributed by atoms with Crippen molar-refractivity contribution in [3.63, 3.8) is 0 Å². The first-order valence-corrected chi connectivity index (χ1v) is 6.78. The van der Waals surface area contributed by atoms with Crippen LogP contribution in [-0.4, -0.2) is 14.5 Å². The molecular formula is C14H11BrN4O. The summed E-state index contributed by atoms with van der Waals surface area (Å²) in [7, 11) is 0. The van der Waals surface area contributed by atoms with E-state index in [0.29, 0.717) is 23.1 Å².